The van der Waals surface area contributed by atoms with Crippen LogP contribution < -0.4 is 11.1 Å². The molecule has 3 heteroatoms. The number of carbonyl (C=O) groups excluding carboxylic acids is 1. The molecule has 1 amide bonds. The van der Waals surface area contributed by atoms with Crippen LogP contribution in [0.4, 0.5) is 0 Å². The van der Waals surface area contributed by atoms with Gasteiger partial charge in [-0.1, -0.05) is 33.1 Å². The van der Waals surface area contributed by atoms with Crippen molar-refractivity contribution < 1.29 is 4.79 Å². The molecular formula is C14H28N2O. The Morgan fingerprint density at radius 1 is 1.24 bits per heavy atom. The van der Waals surface area contributed by atoms with Gasteiger partial charge in [0.25, 0.3) is 0 Å². The van der Waals surface area contributed by atoms with Gasteiger partial charge in [-0.2, -0.15) is 0 Å². The van der Waals surface area contributed by atoms with Gasteiger partial charge in [-0.3, -0.25) is 4.79 Å². The van der Waals surface area contributed by atoms with Crippen LogP contribution in [0.3, 0.4) is 0 Å². The first-order chi connectivity index (χ1) is 8.18. The van der Waals surface area contributed by atoms with E-state index in [1.165, 1.54) is 32.1 Å². The third kappa shape index (κ3) is 3.70. The van der Waals surface area contributed by atoms with E-state index in [-0.39, 0.29) is 11.3 Å². The molecule has 1 aliphatic rings. The van der Waals surface area contributed by atoms with Crippen LogP contribution in [0.5, 0.6) is 0 Å². The largest absolute Gasteiger partial charge is 0.355 e. The summed E-state index contributed by atoms with van der Waals surface area (Å²) in [5.74, 6) is 0.854. The molecule has 17 heavy (non-hydrogen) atoms. The molecule has 0 radical (unpaired) electrons. The van der Waals surface area contributed by atoms with Crippen molar-refractivity contribution in [1.29, 1.82) is 0 Å². The first-order valence-corrected chi connectivity index (χ1v) is 7.17. The fourth-order valence-electron chi connectivity index (χ4n) is 2.77. The van der Waals surface area contributed by atoms with Gasteiger partial charge >= 0.3 is 0 Å². The lowest BCUT2D eigenvalue weighted by Crippen LogP contribution is -2.46. The normalized spacial score (nSPS) is 18.1. The Balaban J connectivity index is 2.41. The highest BCUT2D eigenvalue weighted by Gasteiger charge is 2.33. The first-order valence-electron chi connectivity index (χ1n) is 7.17. The Bertz CT molecular complexity index is 222. The zero-order valence-electron chi connectivity index (χ0n) is 11.4. The molecule has 100 valence electrons. The number of hydrogen-bond acceptors (Lipinski definition) is 2. The van der Waals surface area contributed by atoms with E-state index in [1.807, 2.05) is 0 Å². The van der Waals surface area contributed by atoms with Gasteiger partial charge in [0.2, 0.25) is 5.91 Å². The van der Waals surface area contributed by atoms with Crippen LogP contribution in [0.15, 0.2) is 0 Å². The quantitative estimate of drug-likeness (QED) is 0.749. The van der Waals surface area contributed by atoms with Gasteiger partial charge in [-0.15, -0.1) is 0 Å². The van der Waals surface area contributed by atoms with E-state index < -0.39 is 0 Å². The van der Waals surface area contributed by atoms with Crippen molar-refractivity contribution in [1.82, 2.24) is 5.32 Å². The Morgan fingerprint density at radius 2 is 1.82 bits per heavy atom. The summed E-state index contributed by atoms with van der Waals surface area (Å²) in [6.45, 7) is 5.41. The van der Waals surface area contributed by atoms with Crippen LogP contribution in [0.1, 0.15) is 58.8 Å². The van der Waals surface area contributed by atoms with E-state index in [0.29, 0.717) is 12.5 Å². The summed E-state index contributed by atoms with van der Waals surface area (Å²) in [6.07, 6.45) is 8.21. The molecule has 1 fully saturated rings. The molecule has 1 aliphatic carbocycles. The number of carbonyl (C=O) groups is 1. The average Bonchev–Trinajstić information content (AvgIpc) is 2.40. The molecule has 0 aliphatic heterocycles. The predicted octanol–water partition coefficient (Wildman–Crippen LogP) is 2.45. The Morgan fingerprint density at radius 3 is 2.29 bits per heavy atom. The summed E-state index contributed by atoms with van der Waals surface area (Å²) < 4.78 is 0. The maximum atomic E-state index is 12.2. The highest BCUT2D eigenvalue weighted by molar-refractivity contribution is 5.82. The average molecular weight is 240 g/mol. The van der Waals surface area contributed by atoms with Gasteiger partial charge in [0, 0.05) is 13.1 Å². The van der Waals surface area contributed by atoms with Gasteiger partial charge in [-0.25, -0.2) is 0 Å². The van der Waals surface area contributed by atoms with Crippen LogP contribution in [0.2, 0.25) is 0 Å². The Labute approximate surface area is 106 Å². The fourth-order valence-corrected chi connectivity index (χ4v) is 2.77. The molecule has 0 heterocycles. The zero-order chi connectivity index (χ0) is 12.7. The standard InChI is InChI=1S/C14H28N2O/c1-3-14(4-2,11-15)13(17)16-10-12-8-6-5-7-9-12/h12H,3-11,15H2,1-2H3,(H,16,17). The molecule has 0 spiro atoms. The van der Waals surface area contributed by atoms with Gasteiger partial charge in [0.1, 0.15) is 0 Å². The second-order valence-electron chi connectivity index (χ2n) is 5.41. The minimum absolute atomic E-state index is 0.163. The zero-order valence-corrected chi connectivity index (χ0v) is 11.4. The van der Waals surface area contributed by atoms with Crippen molar-refractivity contribution in [2.45, 2.75) is 58.8 Å². The van der Waals surface area contributed by atoms with E-state index in [4.69, 9.17) is 5.73 Å². The highest BCUT2D eigenvalue weighted by Crippen LogP contribution is 2.26. The number of nitrogens with one attached hydrogen (secondary N) is 1. The summed E-state index contributed by atoms with van der Waals surface area (Å²) in [5.41, 5.74) is 5.44. The lowest BCUT2D eigenvalue weighted by atomic mass is 9.81. The molecule has 0 saturated heterocycles. The summed E-state index contributed by atoms with van der Waals surface area (Å²) in [5, 5.41) is 3.13. The molecule has 1 saturated carbocycles. The molecule has 0 bridgehead atoms. The van der Waals surface area contributed by atoms with E-state index in [9.17, 15) is 4.79 Å². The maximum absolute atomic E-state index is 12.2. The van der Waals surface area contributed by atoms with E-state index >= 15 is 0 Å². The first kappa shape index (κ1) is 14.5. The molecule has 0 aromatic carbocycles. The van der Waals surface area contributed by atoms with Gasteiger partial charge in [0.05, 0.1) is 5.41 Å². The summed E-state index contributed by atoms with van der Waals surface area (Å²) in [6, 6.07) is 0. The van der Waals surface area contributed by atoms with E-state index in [1.54, 1.807) is 0 Å². The smallest absolute Gasteiger partial charge is 0.227 e. The van der Waals surface area contributed by atoms with Crippen LogP contribution in [0.25, 0.3) is 0 Å². The second-order valence-corrected chi connectivity index (χ2v) is 5.41. The topological polar surface area (TPSA) is 55.1 Å². The highest BCUT2D eigenvalue weighted by atomic mass is 16.2. The van der Waals surface area contributed by atoms with Crippen molar-refractivity contribution >= 4 is 5.91 Å². The summed E-state index contributed by atoms with van der Waals surface area (Å²) >= 11 is 0. The van der Waals surface area contributed by atoms with Gasteiger partial charge < -0.3 is 11.1 Å². The third-order valence-corrected chi connectivity index (χ3v) is 4.50. The maximum Gasteiger partial charge on any atom is 0.227 e. The van der Waals surface area contributed by atoms with E-state index in [0.717, 1.165) is 19.4 Å². The Kier molecular flexibility index (Phi) is 5.96. The van der Waals surface area contributed by atoms with Crippen LogP contribution in [-0.2, 0) is 4.79 Å². The lowest BCUT2D eigenvalue weighted by molar-refractivity contribution is -0.131. The van der Waals surface area contributed by atoms with Gasteiger partial charge in [-0.05, 0) is 31.6 Å². The Hall–Kier alpha value is -0.570. The van der Waals surface area contributed by atoms with Crippen molar-refractivity contribution in [3.8, 4) is 0 Å². The summed E-state index contributed by atoms with van der Waals surface area (Å²) in [4.78, 5) is 12.2. The lowest BCUT2D eigenvalue weighted by Gasteiger charge is -2.30. The van der Waals surface area contributed by atoms with Crippen LogP contribution in [0, 0.1) is 11.3 Å². The summed E-state index contributed by atoms with van der Waals surface area (Å²) in [7, 11) is 0. The number of hydrogen-bond donors (Lipinski definition) is 2. The molecular weight excluding hydrogens is 212 g/mol. The molecule has 3 N–H and O–H groups in total. The number of amides is 1. The van der Waals surface area contributed by atoms with Crippen molar-refractivity contribution in [2.75, 3.05) is 13.1 Å². The molecule has 0 aromatic rings. The van der Waals surface area contributed by atoms with Crippen molar-refractivity contribution in [2.24, 2.45) is 17.1 Å². The van der Waals surface area contributed by atoms with Gasteiger partial charge in [0.15, 0.2) is 0 Å². The predicted molar refractivity (Wildman–Crippen MR) is 71.7 cm³/mol. The monoisotopic (exact) mass is 240 g/mol. The van der Waals surface area contributed by atoms with Crippen LogP contribution in [-0.4, -0.2) is 19.0 Å². The van der Waals surface area contributed by atoms with E-state index in [2.05, 4.69) is 19.2 Å². The molecule has 1 rings (SSSR count). The number of nitrogens with two attached hydrogens (primary N) is 1. The number of rotatable bonds is 6. The minimum atomic E-state index is -0.339. The van der Waals surface area contributed by atoms with Crippen molar-refractivity contribution in [3.05, 3.63) is 0 Å². The SMILES string of the molecule is CCC(CC)(CN)C(=O)NCC1CCCCC1. The minimum Gasteiger partial charge on any atom is -0.355 e. The molecule has 3 nitrogen and oxygen atoms in total. The fraction of sp³-hybridized carbons (Fsp3) is 0.929. The van der Waals surface area contributed by atoms with Crippen molar-refractivity contribution in [3.63, 3.8) is 0 Å². The molecule has 0 unspecified atom stereocenters. The molecule has 0 atom stereocenters. The second kappa shape index (κ2) is 7.00. The van der Waals surface area contributed by atoms with Crippen LogP contribution >= 0.6 is 0 Å². The third-order valence-electron chi connectivity index (χ3n) is 4.50. The molecule has 0 aromatic heterocycles.